The van der Waals surface area contributed by atoms with Gasteiger partial charge in [-0.1, -0.05) is 13.8 Å². The monoisotopic (exact) mass is 269 g/mol. The van der Waals surface area contributed by atoms with E-state index in [1.807, 2.05) is 0 Å². The van der Waals surface area contributed by atoms with E-state index in [-0.39, 0.29) is 18.4 Å². The van der Waals surface area contributed by atoms with E-state index in [4.69, 9.17) is 0 Å². The molecule has 0 aromatic carbocycles. The quantitative estimate of drug-likeness (QED) is 0.702. The van der Waals surface area contributed by atoms with Crippen molar-refractivity contribution in [2.75, 3.05) is 13.1 Å². The van der Waals surface area contributed by atoms with Crippen LogP contribution in [0, 0.1) is 5.92 Å². The van der Waals surface area contributed by atoms with Gasteiger partial charge in [-0.25, -0.2) is 4.79 Å². The van der Waals surface area contributed by atoms with Gasteiger partial charge in [0.1, 0.15) is 12.1 Å². The van der Waals surface area contributed by atoms with Crippen LogP contribution in [0.25, 0.3) is 0 Å². The van der Waals surface area contributed by atoms with Crippen molar-refractivity contribution in [2.45, 2.75) is 46.1 Å². The van der Waals surface area contributed by atoms with E-state index < -0.39 is 11.6 Å². The molecule has 2 N–H and O–H groups in total. The molecular weight excluding hydrogens is 246 g/mol. The Kier molecular flexibility index (Phi) is 4.91. The van der Waals surface area contributed by atoms with E-state index in [0.29, 0.717) is 18.9 Å². The largest absolute Gasteiger partial charge is 0.355 e. The minimum atomic E-state index is -0.881. The lowest BCUT2D eigenvalue weighted by molar-refractivity contribution is -0.134. The van der Waals surface area contributed by atoms with Crippen LogP contribution in [0.2, 0.25) is 0 Å². The topological polar surface area (TPSA) is 78.5 Å². The third-order valence-electron chi connectivity index (χ3n) is 3.24. The zero-order valence-corrected chi connectivity index (χ0v) is 12.1. The molecule has 0 saturated carbocycles. The lowest BCUT2D eigenvalue weighted by Crippen LogP contribution is -2.45. The molecule has 1 heterocycles. The van der Waals surface area contributed by atoms with E-state index in [1.165, 1.54) is 0 Å². The SMILES string of the molecule is CCNC(=O)CN1C(=O)N[C@](C)(CCC(C)C)C1=O. The average molecular weight is 269 g/mol. The first-order valence-corrected chi connectivity index (χ1v) is 6.71. The van der Waals surface area contributed by atoms with E-state index in [2.05, 4.69) is 24.5 Å². The fraction of sp³-hybridized carbons (Fsp3) is 0.769. The zero-order chi connectivity index (χ0) is 14.6. The van der Waals surface area contributed by atoms with Crippen LogP contribution < -0.4 is 10.6 Å². The van der Waals surface area contributed by atoms with Crippen molar-refractivity contribution in [2.24, 2.45) is 5.92 Å². The number of hydrogen-bond donors (Lipinski definition) is 2. The van der Waals surface area contributed by atoms with Crippen molar-refractivity contribution in [3.8, 4) is 0 Å². The molecule has 0 spiro atoms. The molecule has 1 aliphatic heterocycles. The minimum Gasteiger partial charge on any atom is -0.355 e. The van der Waals surface area contributed by atoms with E-state index in [1.54, 1.807) is 13.8 Å². The molecule has 4 amide bonds. The predicted molar refractivity (Wildman–Crippen MR) is 71.4 cm³/mol. The Bertz CT molecular complexity index is 381. The Morgan fingerprint density at radius 2 is 2.05 bits per heavy atom. The van der Waals surface area contributed by atoms with Crippen molar-refractivity contribution < 1.29 is 14.4 Å². The van der Waals surface area contributed by atoms with Crippen molar-refractivity contribution in [3.05, 3.63) is 0 Å². The van der Waals surface area contributed by atoms with Gasteiger partial charge in [-0.05, 0) is 32.6 Å². The van der Waals surface area contributed by atoms with Crippen LogP contribution in [0.3, 0.4) is 0 Å². The predicted octanol–water partition coefficient (Wildman–Crippen LogP) is 0.869. The number of imide groups is 1. The molecule has 1 rings (SSSR count). The first kappa shape index (κ1) is 15.5. The highest BCUT2D eigenvalue weighted by Crippen LogP contribution is 2.24. The van der Waals surface area contributed by atoms with Crippen molar-refractivity contribution in [3.63, 3.8) is 0 Å². The summed E-state index contributed by atoms with van der Waals surface area (Å²) >= 11 is 0. The fourth-order valence-corrected chi connectivity index (χ4v) is 2.03. The van der Waals surface area contributed by atoms with Gasteiger partial charge in [0, 0.05) is 6.54 Å². The highest BCUT2D eigenvalue weighted by atomic mass is 16.2. The molecule has 0 radical (unpaired) electrons. The summed E-state index contributed by atoms with van der Waals surface area (Å²) < 4.78 is 0. The number of urea groups is 1. The molecule has 108 valence electrons. The highest BCUT2D eigenvalue weighted by Gasteiger charge is 2.47. The van der Waals surface area contributed by atoms with E-state index in [9.17, 15) is 14.4 Å². The van der Waals surface area contributed by atoms with Crippen LogP contribution in [-0.2, 0) is 9.59 Å². The second-order valence-electron chi connectivity index (χ2n) is 5.54. The van der Waals surface area contributed by atoms with Gasteiger partial charge in [0.2, 0.25) is 5.91 Å². The summed E-state index contributed by atoms with van der Waals surface area (Å²) in [7, 11) is 0. The molecule has 6 heteroatoms. The van der Waals surface area contributed by atoms with Gasteiger partial charge in [0.05, 0.1) is 0 Å². The maximum absolute atomic E-state index is 12.3. The maximum atomic E-state index is 12.3. The molecule has 0 aromatic rings. The Balaban J connectivity index is 2.69. The molecule has 0 bridgehead atoms. The van der Waals surface area contributed by atoms with Crippen LogP contribution in [0.1, 0.15) is 40.5 Å². The third kappa shape index (κ3) is 3.68. The molecule has 19 heavy (non-hydrogen) atoms. The van der Waals surface area contributed by atoms with Crippen molar-refractivity contribution in [1.29, 1.82) is 0 Å². The molecular formula is C13H23N3O3. The normalized spacial score (nSPS) is 22.9. The first-order chi connectivity index (χ1) is 8.80. The van der Waals surface area contributed by atoms with Crippen LogP contribution >= 0.6 is 0 Å². The second-order valence-corrected chi connectivity index (χ2v) is 5.54. The van der Waals surface area contributed by atoms with Gasteiger partial charge in [0.25, 0.3) is 5.91 Å². The Labute approximate surface area is 113 Å². The number of hydrogen-bond acceptors (Lipinski definition) is 3. The molecule has 0 aliphatic carbocycles. The van der Waals surface area contributed by atoms with Gasteiger partial charge in [0.15, 0.2) is 0 Å². The second kappa shape index (κ2) is 6.04. The molecule has 1 atom stereocenters. The average Bonchev–Trinajstić information content (AvgIpc) is 2.52. The van der Waals surface area contributed by atoms with E-state index in [0.717, 1.165) is 11.3 Å². The van der Waals surface area contributed by atoms with Gasteiger partial charge in [-0.3, -0.25) is 14.5 Å². The third-order valence-corrected chi connectivity index (χ3v) is 3.24. The number of likely N-dealkylation sites (N-methyl/N-ethyl adjacent to an activating group) is 1. The number of rotatable bonds is 6. The van der Waals surface area contributed by atoms with Gasteiger partial charge < -0.3 is 10.6 Å². The minimum absolute atomic E-state index is 0.213. The lowest BCUT2D eigenvalue weighted by atomic mass is 9.92. The van der Waals surface area contributed by atoms with Gasteiger partial charge in [-0.2, -0.15) is 0 Å². The summed E-state index contributed by atoms with van der Waals surface area (Å²) in [6, 6.07) is -0.484. The smallest absolute Gasteiger partial charge is 0.325 e. The molecule has 6 nitrogen and oxygen atoms in total. The summed E-state index contributed by atoms with van der Waals surface area (Å²) in [4.78, 5) is 36.5. The Morgan fingerprint density at radius 1 is 1.42 bits per heavy atom. The Morgan fingerprint density at radius 3 is 2.58 bits per heavy atom. The van der Waals surface area contributed by atoms with E-state index >= 15 is 0 Å². The van der Waals surface area contributed by atoms with Crippen molar-refractivity contribution in [1.82, 2.24) is 15.5 Å². The standard InChI is InChI=1S/C13H23N3O3/c1-5-14-10(17)8-16-11(18)13(4,15-12(16)19)7-6-9(2)3/h9H,5-8H2,1-4H3,(H,14,17)(H,15,19)/t13-/m1/s1. The van der Waals surface area contributed by atoms with Crippen LogP contribution in [-0.4, -0.2) is 41.4 Å². The molecule has 0 unspecified atom stereocenters. The first-order valence-electron chi connectivity index (χ1n) is 6.71. The van der Waals surface area contributed by atoms with Gasteiger partial charge >= 0.3 is 6.03 Å². The fourth-order valence-electron chi connectivity index (χ4n) is 2.03. The zero-order valence-electron chi connectivity index (χ0n) is 12.1. The van der Waals surface area contributed by atoms with Gasteiger partial charge in [-0.15, -0.1) is 0 Å². The summed E-state index contributed by atoms with van der Waals surface area (Å²) in [6.45, 7) is 7.90. The number of nitrogens with zero attached hydrogens (tertiary/aromatic N) is 1. The van der Waals surface area contributed by atoms with Crippen LogP contribution in [0.15, 0.2) is 0 Å². The molecule has 1 saturated heterocycles. The molecule has 1 fully saturated rings. The maximum Gasteiger partial charge on any atom is 0.325 e. The number of carbonyl (C=O) groups excluding carboxylic acids is 3. The summed E-state index contributed by atoms with van der Waals surface area (Å²) in [5.74, 6) is -0.178. The number of nitrogens with one attached hydrogen (secondary N) is 2. The summed E-state index contributed by atoms with van der Waals surface area (Å²) in [6.07, 6.45) is 1.43. The number of amides is 4. The van der Waals surface area contributed by atoms with Crippen molar-refractivity contribution >= 4 is 17.8 Å². The van der Waals surface area contributed by atoms with Crippen LogP contribution in [0.5, 0.6) is 0 Å². The summed E-state index contributed by atoms with van der Waals surface area (Å²) in [5, 5.41) is 5.27. The highest BCUT2D eigenvalue weighted by molar-refractivity contribution is 6.08. The number of carbonyl (C=O) groups is 3. The summed E-state index contributed by atoms with van der Waals surface area (Å²) in [5.41, 5.74) is -0.881. The Hall–Kier alpha value is -1.59. The lowest BCUT2D eigenvalue weighted by Gasteiger charge is -2.22. The van der Waals surface area contributed by atoms with Crippen LogP contribution in [0.4, 0.5) is 4.79 Å². The molecule has 0 aromatic heterocycles. The molecule has 1 aliphatic rings.